The SMILES string of the molecule is CN(CC(=O)NC(c1ccccc1)c1nccn1C)S(=O)(=O)c1ccc(Cl)cc1. The number of rotatable bonds is 7. The Bertz CT molecular complexity index is 1080. The van der Waals surface area contributed by atoms with Gasteiger partial charge in [0.15, 0.2) is 0 Å². The maximum atomic E-state index is 12.7. The minimum absolute atomic E-state index is 0.0703. The van der Waals surface area contributed by atoms with Crippen molar-refractivity contribution in [3.63, 3.8) is 0 Å². The number of carbonyl (C=O) groups excluding carboxylic acids is 1. The highest BCUT2D eigenvalue weighted by Crippen LogP contribution is 2.21. The van der Waals surface area contributed by atoms with Crippen LogP contribution in [0.1, 0.15) is 17.4 Å². The normalized spacial score (nSPS) is 12.7. The van der Waals surface area contributed by atoms with Crippen LogP contribution in [0, 0.1) is 0 Å². The zero-order valence-electron chi connectivity index (χ0n) is 16.0. The van der Waals surface area contributed by atoms with Crippen molar-refractivity contribution in [3.05, 3.63) is 83.4 Å². The van der Waals surface area contributed by atoms with Crippen LogP contribution in [0.15, 0.2) is 71.9 Å². The van der Waals surface area contributed by atoms with Crippen LogP contribution in [0.4, 0.5) is 0 Å². The predicted octanol–water partition coefficient (Wildman–Crippen LogP) is 2.60. The topological polar surface area (TPSA) is 84.3 Å². The lowest BCUT2D eigenvalue weighted by Gasteiger charge is -2.22. The van der Waals surface area contributed by atoms with Crippen molar-refractivity contribution in [2.45, 2.75) is 10.9 Å². The number of halogens is 1. The molecule has 3 aromatic rings. The van der Waals surface area contributed by atoms with E-state index in [9.17, 15) is 13.2 Å². The second-order valence-electron chi connectivity index (χ2n) is 6.52. The third-order valence-corrected chi connectivity index (χ3v) is 6.51. The Balaban J connectivity index is 1.78. The van der Waals surface area contributed by atoms with E-state index in [2.05, 4.69) is 10.3 Å². The van der Waals surface area contributed by atoms with E-state index in [0.717, 1.165) is 9.87 Å². The second kappa shape index (κ2) is 8.77. The van der Waals surface area contributed by atoms with Gasteiger partial charge in [-0.1, -0.05) is 41.9 Å². The van der Waals surface area contributed by atoms with Crippen LogP contribution in [-0.4, -0.2) is 41.8 Å². The van der Waals surface area contributed by atoms with Gasteiger partial charge in [-0.05, 0) is 29.8 Å². The van der Waals surface area contributed by atoms with Gasteiger partial charge in [-0.2, -0.15) is 4.31 Å². The molecular weight excluding hydrogens is 412 g/mol. The van der Waals surface area contributed by atoms with E-state index in [-0.39, 0.29) is 11.4 Å². The first-order valence-corrected chi connectivity index (χ1v) is 10.6. The molecule has 3 rings (SSSR count). The van der Waals surface area contributed by atoms with E-state index in [0.29, 0.717) is 10.8 Å². The molecule has 1 unspecified atom stereocenters. The van der Waals surface area contributed by atoms with E-state index < -0.39 is 22.0 Å². The van der Waals surface area contributed by atoms with E-state index in [1.54, 1.807) is 12.4 Å². The van der Waals surface area contributed by atoms with Gasteiger partial charge in [-0.3, -0.25) is 4.79 Å². The lowest BCUT2D eigenvalue weighted by molar-refractivity contribution is -0.121. The zero-order chi connectivity index (χ0) is 21.0. The molecule has 9 heteroatoms. The summed E-state index contributed by atoms with van der Waals surface area (Å²) >= 11 is 5.82. The Morgan fingerprint density at radius 2 is 1.83 bits per heavy atom. The minimum atomic E-state index is -3.82. The first-order valence-electron chi connectivity index (χ1n) is 8.82. The summed E-state index contributed by atoms with van der Waals surface area (Å²) in [4.78, 5) is 17.1. The molecule has 7 nitrogen and oxygen atoms in total. The van der Waals surface area contributed by atoms with Crippen molar-refractivity contribution in [2.24, 2.45) is 7.05 Å². The molecule has 29 heavy (non-hydrogen) atoms. The number of aromatic nitrogens is 2. The van der Waals surface area contributed by atoms with Crippen LogP contribution in [-0.2, 0) is 21.9 Å². The van der Waals surface area contributed by atoms with Crippen LogP contribution in [0.2, 0.25) is 5.02 Å². The van der Waals surface area contributed by atoms with Crippen molar-refractivity contribution in [2.75, 3.05) is 13.6 Å². The Morgan fingerprint density at radius 3 is 2.41 bits per heavy atom. The van der Waals surface area contributed by atoms with E-state index >= 15 is 0 Å². The monoisotopic (exact) mass is 432 g/mol. The van der Waals surface area contributed by atoms with Crippen LogP contribution < -0.4 is 5.32 Å². The van der Waals surface area contributed by atoms with Crippen molar-refractivity contribution in [1.29, 1.82) is 0 Å². The van der Waals surface area contributed by atoms with Crippen molar-refractivity contribution >= 4 is 27.5 Å². The summed E-state index contributed by atoms with van der Waals surface area (Å²) in [7, 11) is -0.622. The number of sulfonamides is 1. The molecule has 1 aromatic heterocycles. The lowest BCUT2D eigenvalue weighted by atomic mass is 10.1. The van der Waals surface area contributed by atoms with Crippen LogP contribution in [0.25, 0.3) is 0 Å². The molecule has 0 aliphatic rings. The van der Waals surface area contributed by atoms with Crippen molar-refractivity contribution < 1.29 is 13.2 Å². The first-order chi connectivity index (χ1) is 13.8. The van der Waals surface area contributed by atoms with Crippen LogP contribution in [0.5, 0.6) is 0 Å². The number of nitrogens with zero attached hydrogens (tertiary/aromatic N) is 3. The summed E-state index contributed by atoms with van der Waals surface area (Å²) in [6.45, 7) is -0.335. The molecule has 0 fully saturated rings. The third kappa shape index (κ3) is 4.84. The van der Waals surface area contributed by atoms with Gasteiger partial charge in [0, 0.05) is 31.5 Å². The summed E-state index contributed by atoms with van der Waals surface area (Å²) in [6, 6.07) is 14.7. The molecule has 0 aliphatic carbocycles. The summed E-state index contributed by atoms with van der Waals surface area (Å²) in [6.07, 6.45) is 3.43. The zero-order valence-corrected chi connectivity index (χ0v) is 17.6. The van der Waals surface area contributed by atoms with Gasteiger partial charge in [0.05, 0.1) is 11.4 Å². The van der Waals surface area contributed by atoms with E-state index in [1.807, 2.05) is 41.9 Å². The highest BCUT2D eigenvalue weighted by Gasteiger charge is 2.26. The first kappa shape index (κ1) is 21.0. The molecular formula is C20H21ClN4O3S. The van der Waals surface area contributed by atoms with Gasteiger partial charge >= 0.3 is 0 Å². The standard InChI is InChI=1S/C20H21ClN4O3S/c1-24-13-12-22-20(24)19(15-6-4-3-5-7-15)23-18(26)14-25(2)29(27,28)17-10-8-16(21)9-11-17/h3-13,19H,14H2,1-2H3,(H,23,26). The lowest BCUT2D eigenvalue weighted by Crippen LogP contribution is -2.40. The predicted molar refractivity (Wildman–Crippen MR) is 111 cm³/mol. The van der Waals surface area contributed by atoms with Gasteiger partial charge < -0.3 is 9.88 Å². The average molecular weight is 433 g/mol. The Hall–Kier alpha value is -2.68. The second-order valence-corrected chi connectivity index (χ2v) is 9.00. The summed E-state index contributed by atoms with van der Waals surface area (Å²) in [5.41, 5.74) is 0.846. The summed E-state index contributed by atoms with van der Waals surface area (Å²) < 4.78 is 28.2. The van der Waals surface area contributed by atoms with Crippen LogP contribution >= 0.6 is 11.6 Å². The highest BCUT2D eigenvalue weighted by molar-refractivity contribution is 7.89. The van der Waals surface area contributed by atoms with Gasteiger partial charge in [0.1, 0.15) is 11.9 Å². The fraction of sp³-hybridized carbons (Fsp3) is 0.200. The molecule has 0 aliphatic heterocycles. The summed E-state index contributed by atoms with van der Waals surface area (Å²) in [5.74, 6) is 0.203. The number of likely N-dealkylation sites (N-methyl/N-ethyl adjacent to an activating group) is 1. The molecule has 152 valence electrons. The number of aryl methyl sites for hydroxylation is 1. The average Bonchev–Trinajstić information content (AvgIpc) is 3.12. The van der Waals surface area contributed by atoms with Gasteiger partial charge in [-0.25, -0.2) is 13.4 Å². The fourth-order valence-electron chi connectivity index (χ4n) is 2.88. The van der Waals surface area contributed by atoms with Crippen LogP contribution in [0.3, 0.4) is 0 Å². The fourth-order valence-corrected chi connectivity index (χ4v) is 4.13. The van der Waals surface area contributed by atoms with Crippen molar-refractivity contribution in [1.82, 2.24) is 19.2 Å². The quantitative estimate of drug-likeness (QED) is 0.622. The molecule has 1 N–H and O–H groups in total. The highest BCUT2D eigenvalue weighted by atomic mass is 35.5. The van der Waals surface area contributed by atoms with E-state index in [1.165, 1.54) is 31.3 Å². The number of benzene rings is 2. The number of imidazole rings is 1. The largest absolute Gasteiger partial charge is 0.341 e. The molecule has 2 aromatic carbocycles. The molecule has 0 saturated heterocycles. The molecule has 0 bridgehead atoms. The number of amides is 1. The van der Waals surface area contributed by atoms with Gasteiger partial charge in [-0.15, -0.1) is 0 Å². The Labute approximate surface area is 175 Å². The Morgan fingerprint density at radius 1 is 1.17 bits per heavy atom. The molecule has 0 radical (unpaired) electrons. The molecule has 1 heterocycles. The number of carbonyl (C=O) groups is 1. The van der Waals surface area contributed by atoms with Gasteiger partial charge in [0.25, 0.3) is 0 Å². The smallest absolute Gasteiger partial charge is 0.243 e. The molecule has 0 saturated carbocycles. The molecule has 0 spiro atoms. The maximum absolute atomic E-state index is 12.7. The molecule has 1 atom stereocenters. The Kier molecular flexibility index (Phi) is 6.36. The van der Waals surface area contributed by atoms with E-state index in [4.69, 9.17) is 11.6 Å². The maximum Gasteiger partial charge on any atom is 0.243 e. The van der Waals surface area contributed by atoms with Crippen molar-refractivity contribution in [3.8, 4) is 0 Å². The van der Waals surface area contributed by atoms with Gasteiger partial charge in [0.2, 0.25) is 15.9 Å². The summed E-state index contributed by atoms with van der Waals surface area (Å²) in [5, 5.41) is 3.33. The number of hydrogen-bond acceptors (Lipinski definition) is 4. The minimum Gasteiger partial charge on any atom is -0.341 e. The number of nitrogens with one attached hydrogen (secondary N) is 1. The number of hydrogen-bond donors (Lipinski definition) is 1. The molecule has 1 amide bonds. The third-order valence-electron chi connectivity index (χ3n) is 4.44.